The van der Waals surface area contributed by atoms with Gasteiger partial charge in [0.25, 0.3) is 5.88 Å². The monoisotopic (exact) mass is 813 g/mol. The van der Waals surface area contributed by atoms with E-state index in [1.807, 2.05) is 114 Å². The molecule has 0 aliphatic heterocycles. The van der Waals surface area contributed by atoms with Crippen LogP contribution in [0.1, 0.15) is 76.4 Å². The first-order chi connectivity index (χ1) is 27.0. The number of carbonyl (C=O) groups excluding carboxylic acids is 3. The molecular weight excluding hydrogens is 766 g/mol. The molecule has 0 spiro atoms. The molecule has 2 heterocycles. The molecule has 0 unspecified atom stereocenters. The smallest absolute Gasteiger partial charge is 0.320 e. The first-order valence-corrected chi connectivity index (χ1v) is 22.2. The Labute approximate surface area is 337 Å². The van der Waals surface area contributed by atoms with Crippen LogP contribution in [0.5, 0.6) is 11.6 Å². The van der Waals surface area contributed by atoms with Crippen molar-refractivity contribution in [2.45, 2.75) is 76.6 Å². The first-order valence-electron chi connectivity index (χ1n) is 18.9. The highest BCUT2D eigenvalue weighted by molar-refractivity contribution is 6.74. The van der Waals surface area contributed by atoms with Gasteiger partial charge in [-0.25, -0.2) is 9.78 Å². The summed E-state index contributed by atoms with van der Waals surface area (Å²) in [5.74, 6) is -2.79. The van der Waals surface area contributed by atoms with Crippen molar-refractivity contribution in [3.8, 4) is 11.6 Å². The molecule has 0 saturated carbocycles. The van der Waals surface area contributed by atoms with E-state index in [4.69, 9.17) is 30.0 Å². The number of hydrogen-bond donors (Lipinski definition) is 3. The molecule has 4 aromatic rings. The summed E-state index contributed by atoms with van der Waals surface area (Å²) in [6.45, 7) is 10.3. The Morgan fingerprint density at radius 2 is 1.63 bits per heavy atom. The van der Waals surface area contributed by atoms with Crippen LogP contribution in [0.2, 0.25) is 23.3 Å². The second-order valence-corrected chi connectivity index (χ2v) is 21.7. The average Bonchev–Trinajstić information content (AvgIpc) is 3.58. The van der Waals surface area contributed by atoms with E-state index in [0.717, 1.165) is 11.1 Å². The molecule has 2 aromatic heterocycles. The van der Waals surface area contributed by atoms with Crippen molar-refractivity contribution in [1.82, 2.24) is 20.4 Å². The number of ether oxygens (including phenoxy) is 2. The number of amides is 2. The number of benzene rings is 2. The number of ketones is 2. The number of pyridine rings is 1. The first kappa shape index (κ1) is 40.2. The number of halogens is 1. The van der Waals surface area contributed by atoms with E-state index in [9.17, 15) is 9.90 Å². The SMILES string of the molecule is CNC(=O)Nc1nc(Cl)c2c(c1OCc1ccccc1)C(=O)C1=C(O)[C@]3(O[Si](C)(C)C(C)(C)C)C(=O)c4c(OCc5ccccc5)noc4[C@@H](N(C)C)[C@@H]3C[C@@H]1C2. The lowest BCUT2D eigenvalue weighted by atomic mass is 9.58. The van der Waals surface area contributed by atoms with Gasteiger partial charge >= 0.3 is 6.03 Å². The van der Waals surface area contributed by atoms with Gasteiger partial charge in [0.05, 0.1) is 11.6 Å². The minimum atomic E-state index is -2.95. The van der Waals surface area contributed by atoms with Crippen molar-refractivity contribution in [1.29, 1.82) is 0 Å². The van der Waals surface area contributed by atoms with Crippen LogP contribution in [0, 0.1) is 11.8 Å². The normalized spacial score (nSPS) is 21.7. The third-order valence-corrected chi connectivity index (χ3v) is 16.5. The lowest BCUT2D eigenvalue weighted by Crippen LogP contribution is -2.65. The maximum Gasteiger partial charge on any atom is 0.320 e. The van der Waals surface area contributed by atoms with Gasteiger partial charge in [0.2, 0.25) is 5.78 Å². The van der Waals surface area contributed by atoms with E-state index >= 15 is 9.59 Å². The van der Waals surface area contributed by atoms with Gasteiger partial charge in [0.1, 0.15) is 29.7 Å². The fourth-order valence-corrected chi connectivity index (χ4v) is 9.69. The van der Waals surface area contributed by atoms with E-state index in [1.165, 1.54) is 7.05 Å². The van der Waals surface area contributed by atoms with Crippen molar-refractivity contribution >= 4 is 43.3 Å². The number of aliphatic hydroxyl groups excluding tert-OH is 1. The van der Waals surface area contributed by atoms with Gasteiger partial charge < -0.3 is 28.8 Å². The number of allylic oxidation sites excluding steroid dienone is 1. The molecular formula is C42H48ClN5O8Si. The number of rotatable bonds is 10. The van der Waals surface area contributed by atoms with Crippen LogP contribution in [-0.2, 0) is 24.1 Å². The molecule has 57 heavy (non-hydrogen) atoms. The third kappa shape index (κ3) is 6.92. The second kappa shape index (κ2) is 15.1. The average molecular weight is 814 g/mol. The number of urea groups is 1. The number of nitrogens with zero attached hydrogens (tertiary/aromatic N) is 3. The van der Waals surface area contributed by atoms with Crippen molar-refractivity contribution in [3.05, 3.63) is 111 Å². The number of hydrogen-bond acceptors (Lipinski definition) is 11. The van der Waals surface area contributed by atoms with Gasteiger partial charge in [-0.05, 0) is 67.3 Å². The van der Waals surface area contributed by atoms with Crippen molar-refractivity contribution < 1.29 is 37.9 Å². The third-order valence-electron chi connectivity index (χ3n) is 11.8. The fourth-order valence-electron chi connectivity index (χ4n) is 7.98. The largest absolute Gasteiger partial charge is 0.508 e. The maximum atomic E-state index is 15.5. The van der Waals surface area contributed by atoms with E-state index in [0.29, 0.717) is 11.3 Å². The van der Waals surface area contributed by atoms with Gasteiger partial charge in [-0.3, -0.25) is 19.8 Å². The van der Waals surface area contributed by atoms with Gasteiger partial charge in [-0.15, -0.1) is 0 Å². The predicted octanol–water partition coefficient (Wildman–Crippen LogP) is 8.08. The summed E-state index contributed by atoms with van der Waals surface area (Å²) in [6.07, 6.45) is 0.423. The number of carbonyl (C=O) groups is 3. The Morgan fingerprint density at radius 3 is 2.21 bits per heavy atom. The molecule has 2 amide bonds. The van der Waals surface area contributed by atoms with Crippen LogP contribution in [0.15, 0.2) is 76.5 Å². The van der Waals surface area contributed by atoms with Crippen LogP contribution in [0.25, 0.3) is 0 Å². The number of nitrogens with one attached hydrogen (secondary N) is 2. The van der Waals surface area contributed by atoms with E-state index in [2.05, 4.69) is 20.8 Å². The second-order valence-electron chi connectivity index (χ2n) is 16.6. The van der Waals surface area contributed by atoms with Gasteiger partial charge in [0.15, 0.2) is 37.0 Å². The highest BCUT2D eigenvalue weighted by atomic mass is 35.5. The summed E-state index contributed by atoms with van der Waals surface area (Å²) in [5.41, 5.74) is 0.166. The Morgan fingerprint density at radius 1 is 1.02 bits per heavy atom. The Kier molecular flexibility index (Phi) is 10.6. The van der Waals surface area contributed by atoms with Crippen LogP contribution in [-0.4, -0.2) is 72.8 Å². The van der Waals surface area contributed by atoms with Crippen LogP contribution in [0.4, 0.5) is 10.6 Å². The number of aromatic nitrogens is 2. The Hall–Kier alpha value is -5.02. The maximum absolute atomic E-state index is 15.5. The van der Waals surface area contributed by atoms with Crippen molar-refractivity contribution in [2.75, 3.05) is 26.5 Å². The topological polar surface area (TPSA) is 165 Å². The zero-order valence-electron chi connectivity index (χ0n) is 33.4. The number of aliphatic hydroxyl groups is 1. The van der Waals surface area contributed by atoms with Gasteiger partial charge in [-0.1, -0.05) is 93.0 Å². The van der Waals surface area contributed by atoms with Crippen LogP contribution < -0.4 is 20.1 Å². The van der Waals surface area contributed by atoms with Crippen molar-refractivity contribution in [3.63, 3.8) is 0 Å². The number of anilines is 1. The van der Waals surface area contributed by atoms with Gasteiger partial charge in [-0.2, -0.15) is 0 Å². The summed E-state index contributed by atoms with van der Waals surface area (Å²) in [6, 6.07) is 17.6. The molecule has 13 nitrogen and oxygen atoms in total. The van der Waals surface area contributed by atoms with Crippen LogP contribution in [0.3, 0.4) is 0 Å². The molecule has 2 aromatic carbocycles. The minimum Gasteiger partial charge on any atom is -0.508 e. The van der Waals surface area contributed by atoms with E-state index < -0.39 is 60.2 Å². The van der Waals surface area contributed by atoms with Crippen molar-refractivity contribution in [2.24, 2.45) is 11.8 Å². The lowest BCUT2D eigenvalue weighted by Gasteiger charge is -2.55. The summed E-state index contributed by atoms with van der Waals surface area (Å²) in [4.78, 5) is 49.8. The minimum absolute atomic E-state index is 0.00585. The quantitative estimate of drug-likeness (QED) is 0.105. The number of fused-ring (bicyclic) bond motifs is 4. The standard InChI is InChI=1S/C42H48ClN5O8Si/c1-41(2,3)57(7,8)56-42-27(31(48(5)6)33-30(36(42)51)39(47-55-33)54-22-24-17-13-10-14-18-24)20-25-19-26-29(32(49)28(25)35(42)50)34(53-21-23-15-11-9-12-16-23)38(45-37(26)43)46-40(52)44-4/h9-18,25,27,31,50H,19-22H2,1-8H3,(H2,44,45,46,52)/t25-,27-,31-,42-/m0/s1. The summed E-state index contributed by atoms with van der Waals surface area (Å²) in [5, 5.41) is 22.0. The summed E-state index contributed by atoms with van der Waals surface area (Å²) >= 11 is 6.86. The summed E-state index contributed by atoms with van der Waals surface area (Å²) in [7, 11) is 2.23. The number of Topliss-reactive ketones (excluding diaryl/α,β-unsaturated/α-hetero) is 2. The molecule has 300 valence electrons. The lowest BCUT2D eigenvalue weighted by molar-refractivity contribution is -0.0480. The Balaban J connectivity index is 1.43. The molecule has 0 radical (unpaired) electrons. The Bertz CT molecular complexity index is 2260. The zero-order valence-corrected chi connectivity index (χ0v) is 35.1. The highest BCUT2D eigenvalue weighted by Crippen LogP contribution is 2.60. The predicted molar refractivity (Wildman–Crippen MR) is 216 cm³/mol. The zero-order chi connectivity index (χ0) is 41.0. The van der Waals surface area contributed by atoms with Gasteiger partial charge in [0, 0.05) is 24.1 Å². The molecule has 3 N–H and O–H groups in total. The highest BCUT2D eigenvalue weighted by Gasteiger charge is 2.67. The molecule has 4 atom stereocenters. The molecule has 3 aliphatic carbocycles. The molecule has 3 aliphatic rings. The van der Waals surface area contributed by atoms with E-state index in [1.54, 1.807) is 0 Å². The molecule has 0 bridgehead atoms. The molecule has 7 rings (SSSR count). The molecule has 15 heteroatoms. The van der Waals surface area contributed by atoms with E-state index in [-0.39, 0.29) is 65.4 Å². The van der Waals surface area contributed by atoms with Crippen LogP contribution >= 0.6 is 11.6 Å². The summed E-state index contributed by atoms with van der Waals surface area (Å²) < 4.78 is 25.7. The fraction of sp³-hybridized carbons (Fsp3) is 0.405. The molecule has 0 saturated heterocycles. The molecule has 0 fully saturated rings.